The van der Waals surface area contributed by atoms with E-state index in [4.69, 9.17) is 4.52 Å². The molecule has 0 aliphatic rings. The molecule has 2 rings (SSSR count). The van der Waals surface area contributed by atoms with Gasteiger partial charge in [0, 0.05) is 20.2 Å². The maximum absolute atomic E-state index is 11.2. The topological polar surface area (TPSA) is 122 Å². The molecule has 0 atom stereocenters. The van der Waals surface area contributed by atoms with E-state index in [9.17, 15) is 10.1 Å². The van der Waals surface area contributed by atoms with E-state index in [1.165, 1.54) is 6.33 Å². The fourth-order valence-corrected chi connectivity index (χ4v) is 1.48. The Hall–Kier alpha value is -2.75. The number of nitro groups is 1. The van der Waals surface area contributed by atoms with Gasteiger partial charge in [-0.1, -0.05) is 5.16 Å². The molecule has 2 aromatic rings. The lowest BCUT2D eigenvalue weighted by atomic mass is 10.4. The number of hydrogen-bond acceptors (Lipinski definition) is 9. The van der Waals surface area contributed by atoms with Crippen LogP contribution >= 0.6 is 0 Å². The van der Waals surface area contributed by atoms with Crippen LogP contribution in [0.5, 0.6) is 0 Å². The molecule has 0 unspecified atom stereocenters. The molecule has 0 saturated carbocycles. The van der Waals surface area contributed by atoms with E-state index in [1.54, 1.807) is 32.1 Å². The van der Waals surface area contributed by atoms with Gasteiger partial charge in [-0.05, 0) is 6.92 Å². The van der Waals surface area contributed by atoms with Crippen molar-refractivity contribution in [1.82, 2.24) is 20.1 Å². The van der Waals surface area contributed by atoms with E-state index in [1.807, 2.05) is 0 Å². The van der Waals surface area contributed by atoms with E-state index in [-0.39, 0.29) is 17.3 Å². The maximum atomic E-state index is 11.2. The molecule has 0 bridgehead atoms. The normalized spacial score (nSPS) is 10.6. The van der Waals surface area contributed by atoms with E-state index < -0.39 is 4.92 Å². The maximum Gasteiger partial charge on any atom is 0.354 e. The number of anilines is 3. The summed E-state index contributed by atoms with van der Waals surface area (Å²) in [6.07, 6.45) is 1.22. The third kappa shape index (κ3) is 2.98. The first kappa shape index (κ1) is 13.7. The molecule has 0 radical (unpaired) electrons. The molecule has 10 nitrogen and oxygen atoms in total. The largest absolute Gasteiger partial charge is 0.360 e. The van der Waals surface area contributed by atoms with Crippen LogP contribution in [0, 0.1) is 17.0 Å². The molecule has 106 valence electrons. The summed E-state index contributed by atoms with van der Waals surface area (Å²) in [6.45, 7) is 1.71. The van der Waals surface area contributed by atoms with Gasteiger partial charge in [0.1, 0.15) is 12.1 Å². The van der Waals surface area contributed by atoms with Gasteiger partial charge in [0.2, 0.25) is 11.6 Å². The standard InChI is InChI=1S/C10H13N7O3/c1-6-4-7(15-20-6)13-9-8(17(18)19)10(12-5-11-9)14-16(2)3/h4-5H,1-3H3,(H2,11,12,13,14,15). The Kier molecular flexibility index (Phi) is 3.75. The highest BCUT2D eigenvalue weighted by molar-refractivity contribution is 5.72. The van der Waals surface area contributed by atoms with Crippen molar-refractivity contribution < 1.29 is 9.45 Å². The van der Waals surface area contributed by atoms with Gasteiger partial charge in [-0.25, -0.2) is 15.0 Å². The van der Waals surface area contributed by atoms with Gasteiger partial charge in [-0.15, -0.1) is 0 Å². The first-order valence-electron chi connectivity index (χ1n) is 5.61. The lowest BCUT2D eigenvalue weighted by molar-refractivity contribution is -0.383. The molecule has 0 spiro atoms. The summed E-state index contributed by atoms with van der Waals surface area (Å²) in [7, 11) is 3.39. The van der Waals surface area contributed by atoms with Gasteiger partial charge >= 0.3 is 5.69 Å². The van der Waals surface area contributed by atoms with E-state index >= 15 is 0 Å². The Labute approximate surface area is 113 Å². The minimum atomic E-state index is -0.568. The van der Waals surface area contributed by atoms with Gasteiger partial charge in [-0.2, -0.15) is 0 Å². The van der Waals surface area contributed by atoms with Gasteiger partial charge < -0.3 is 9.84 Å². The zero-order valence-electron chi connectivity index (χ0n) is 11.1. The van der Waals surface area contributed by atoms with Crippen LogP contribution in [0.15, 0.2) is 16.9 Å². The van der Waals surface area contributed by atoms with Crippen molar-refractivity contribution in [3.63, 3.8) is 0 Å². The second-order valence-electron chi connectivity index (χ2n) is 4.13. The van der Waals surface area contributed by atoms with Crippen LogP contribution in [0.4, 0.5) is 23.1 Å². The van der Waals surface area contributed by atoms with Crippen LogP contribution in [0.25, 0.3) is 0 Å². The Bertz CT molecular complexity index is 625. The Morgan fingerprint density at radius 1 is 1.35 bits per heavy atom. The number of aromatic nitrogens is 3. The number of aryl methyl sites for hydroxylation is 1. The third-order valence-electron chi connectivity index (χ3n) is 2.21. The van der Waals surface area contributed by atoms with Crippen LogP contribution < -0.4 is 10.7 Å². The average molecular weight is 279 g/mol. The average Bonchev–Trinajstić information content (AvgIpc) is 2.73. The summed E-state index contributed by atoms with van der Waals surface area (Å²) in [5, 5.41) is 19.2. The zero-order chi connectivity index (χ0) is 14.7. The van der Waals surface area contributed by atoms with Gasteiger partial charge in [-0.3, -0.25) is 15.5 Å². The molecule has 2 heterocycles. The van der Waals surface area contributed by atoms with Crippen molar-refractivity contribution in [3.05, 3.63) is 28.3 Å². The van der Waals surface area contributed by atoms with Crippen molar-refractivity contribution in [2.24, 2.45) is 0 Å². The molecular weight excluding hydrogens is 266 g/mol. The minimum Gasteiger partial charge on any atom is -0.360 e. The molecule has 0 amide bonds. The molecular formula is C10H13N7O3. The number of rotatable bonds is 5. The van der Waals surface area contributed by atoms with Gasteiger partial charge in [0.05, 0.1) is 4.92 Å². The fourth-order valence-electron chi connectivity index (χ4n) is 1.48. The molecule has 20 heavy (non-hydrogen) atoms. The lowest BCUT2D eigenvalue weighted by Gasteiger charge is -2.13. The predicted molar refractivity (Wildman–Crippen MR) is 70.5 cm³/mol. The molecule has 2 aromatic heterocycles. The highest BCUT2D eigenvalue weighted by Gasteiger charge is 2.24. The highest BCUT2D eigenvalue weighted by Crippen LogP contribution is 2.30. The molecule has 0 aromatic carbocycles. The molecule has 0 aliphatic heterocycles. The Morgan fingerprint density at radius 2 is 2.05 bits per heavy atom. The highest BCUT2D eigenvalue weighted by atomic mass is 16.6. The van der Waals surface area contributed by atoms with Gasteiger partial charge in [0.25, 0.3) is 0 Å². The first-order valence-corrected chi connectivity index (χ1v) is 5.61. The van der Waals surface area contributed by atoms with Crippen molar-refractivity contribution in [3.8, 4) is 0 Å². The van der Waals surface area contributed by atoms with Crippen molar-refractivity contribution in [2.45, 2.75) is 6.92 Å². The van der Waals surface area contributed by atoms with Crippen LogP contribution in [0.1, 0.15) is 5.76 Å². The van der Waals surface area contributed by atoms with Crippen LogP contribution in [0.2, 0.25) is 0 Å². The molecule has 0 aliphatic carbocycles. The van der Waals surface area contributed by atoms with E-state index in [2.05, 4.69) is 25.9 Å². The summed E-state index contributed by atoms with van der Waals surface area (Å²) in [5.74, 6) is 1.02. The summed E-state index contributed by atoms with van der Waals surface area (Å²) in [6, 6.07) is 1.60. The Balaban J connectivity index is 2.39. The predicted octanol–water partition coefficient (Wildman–Crippen LogP) is 1.31. The third-order valence-corrected chi connectivity index (χ3v) is 2.21. The number of hydrogen-bond donors (Lipinski definition) is 2. The molecule has 2 N–H and O–H groups in total. The zero-order valence-corrected chi connectivity index (χ0v) is 11.1. The summed E-state index contributed by atoms with van der Waals surface area (Å²) in [4.78, 5) is 18.4. The summed E-state index contributed by atoms with van der Waals surface area (Å²) < 4.78 is 4.88. The molecule has 10 heteroatoms. The number of hydrazine groups is 1. The van der Waals surface area contributed by atoms with Crippen LogP contribution in [0.3, 0.4) is 0 Å². The lowest BCUT2D eigenvalue weighted by Crippen LogP contribution is -2.21. The smallest absolute Gasteiger partial charge is 0.354 e. The second kappa shape index (κ2) is 5.48. The SMILES string of the molecule is Cc1cc(Nc2ncnc(NN(C)C)c2[N+](=O)[O-])no1. The monoisotopic (exact) mass is 279 g/mol. The second-order valence-corrected chi connectivity index (χ2v) is 4.13. The Morgan fingerprint density at radius 3 is 2.60 bits per heavy atom. The summed E-state index contributed by atoms with van der Waals surface area (Å²) in [5.41, 5.74) is 2.47. The van der Waals surface area contributed by atoms with Crippen molar-refractivity contribution in [2.75, 3.05) is 24.8 Å². The van der Waals surface area contributed by atoms with Gasteiger partial charge in [0.15, 0.2) is 5.82 Å². The van der Waals surface area contributed by atoms with Crippen LogP contribution in [-0.4, -0.2) is 39.2 Å². The van der Waals surface area contributed by atoms with E-state index in [0.717, 1.165) is 0 Å². The fraction of sp³-hybridized carbons (Fsp3) is 0.300. The summed E-state index contributed by atoms with van der Waals surface area (Å²) >= 11 is 0. The first-order chi connectivity index (χ1) is 9.47. The minimum absolute atomic E-state index is 0.0302. The molecule has 0 fully saturated rings. The number of nitrogens with one attached hydrogen (secondary N) is 2. The van der Waals surface area contributed by atoms with Crippen LogP contribution in [-0.2, 0) is 0 Å². The number of nitrogens with zero attached hydrogens (tertiary/aromatic N) is 5. The quantitative estimate of drug-likeness (QED) is 0.615. The van der Waals surface area contributed by atoms with Crippen molar-refractivity contribution in [1.29, 1.82) is 0 Å². The van der Waals surface area contributed by atoms with Crippen molar-refractivity contribution >= 4 is 23.1 Å². The van der Waals surface area contributed by atoms with E-state index in [0.29, 0.717) is 11.6 Å². The molecule has 0 saturated heterocycles.